The van der Waals surface area contributed by atoms with Crippen LogP contribution in [0.3, 0.4) is 0 Å². The maximum absolute atomic E-state index is 12.6. The Labute approximate surface area is 145 Å². The lowest BCUT2D eigenvalue weighted by Gasteiger charge is -2.33. The Morgan fingerprint density at radius 3 is 2.74 bits per heavy atom. The molecule has 0 bridgehead atoms. The average molecular weight is 341 g/mol. The molecule has 3 heterocycles. The highest BCUT2D eigenvalue weighted by Gasteiger charge is 2.40. The van der Waals surface area contributed by atoms with Gasteiger partial charge in [-0.05, 0) is 51.6 Å². The third kappa shape index (κ3) is 3.56. The van der Waals surface area contributed by atoms with Crippen molar-refractivity contribution in [3.05, 3.63) is 17.0 Å². The molecule has 0 aliphatic carbocycles. The molecule has 6 heteroatoms. The minimum Gasteiger partial charge on any atom is -0.340 e. The van der Waals surface area contributed by atoms with Gasteiger partial charge in [-0.2, -0.15) is 5.10 Å². The quantitative estimate of drug-likeness (QED) is 0.916. The molecule has 130 valence electrons. The number of halogens is 1. The van der Waals surface area contributed by atoms with Crippen LogP contribution in [0.25, 0.3) is 0 Å². The minimum absolute atomic E-state index is 0. The first-order valence-electron chi connectivity index (χ1n) is 8.56. The largest absolute Gasteiger partial charge is 0.340 e. The Hall–Kier alpha value is -1.07. The summed E-state index contributed by atoms with van der Waals surface area (Å²) in [5.74, 6) is 0.218. The highest BCUT2D eigenvalue weighted by Crippen LogP contribution is 2.36. The third-order valence-corrected chi connectivity index (χ3v) is 5.52. The molecule has 23 heavy (non-hydrogen) atoms. The van der Waals surface area contributed by atoms with Crippen LogP contribution in [0.15, 0.2) is 0 Å². The van der Waals surface area contributed by atoms with E-state index in [0.29, 0.717) is 12.0 Å². The van der Waals surface area contributed by atoms with Crippen molar-refractivity contribution in [2.75, 3.05) is 26.2 Å². The van der Waals surface area contributed by atoms with Crippen molar-refractivity contribution in [1.29, 1.82) is 0 Å². The number of nitrogens with zero attached hydrogens (tertiary/aromatic N) is 3. The molecule has 1 N–H and O–H groups in total. The van der Waals surface area contributed by atoms with E-state index >= 15 is 0 Å². The molecule has 3 rings (SSSR count). The number of carbonyl (C=O) groups is 1. The number of amides is 1. The molecule has 0 radical (unpaired) electrons. The van der Waals surface area contributed by atoms with E-state index in [1.54, 1.807) is 0 Å². The second-order valence-corrected chi connectivity index (χ2v) is 7.01. The van der Waals surface area contributed by atoms with Gasteiger partial charge in [0.25, 0.3) is 0 Å². The molecular weight excluding hydrogens is 312 g/mol. The van der Waals surface area contributed by atoms with Crippen LogP contribution in [0.5, 0.6) is 0 Å². The molecule has 1 atom stereocenters. The number of hydrogen-bond acceptors (Lipinski definition) is 3. The van der Waals surface area contributed by atoms with Crippen LogP contribution in [-0.2, 0) is 17.8 Å². The van der Waals surface area contributed by atoms with Crippen molar-refractivity contribution >= 4 is 18.3 Å². The van der Waals surface area contributed by atoms with Crippen molar-refractivity contribution in [2.45, 2.75) is 53.0 Å². The zero-order valence-electron chi connectivity index (χ0n) is 14.5. The summed E-state index contributed by atoms with van der Waals surface area (Å²) in [7, 11) is 0. The topological polar surface area (TPSA) is 50.2 Å². The average Bonchev–Trinajstić information content (AvgIpc) is 3.02. The van der Waals surface area contributed by atoms with Gasteiger partial charge in [0.15, 0.2) is 0 Å². The van der Waals surface area contributed by atoms with Crippen molar-refractivity contribution in [1.82, 2.24) is 20.0 Å². The van der Waals surface area contributed by atoms with E-state index in [2.05, 4.69) is 29.2 Å². The molecule has 1 spiro atoms. The summed E-state index contributed by atoms with van der Waals surface area (Å²) in [5.41, 5.74) is 3.81. The smallest absolute Gasteiger partial charge is 0.244 e. The summed E-state index contributed by atoms with van der Waals surface area (Å²) in [4.78, 5) is 14.7. The monoisotopic (exact) mass is 340 g/mol. The number of rotatable bonds is 3. The number of hydrogen-bond donors (Lipinski definition) is 1. The van der Waals surface area contributed by atoms with Gasteiger partial charge in [0, 0.05) is 30.7 Å². The van der Waals surface area contributed by atoms with Gasteiger partial charge in [-0.15, -0.1) is 12.4 Å². The predicted octanol–water partition coefficient (Wildman–Crippen LogP) is 2.09. The van der Waals surface area contributed by atoms with Crippen LogP contribution >= 0.6 is 12.4 Å². The normalized spacial score (nSPS) is 24.0. The molecule has 1 aromatic rings. The van der Waals surface area contributed by atoms with Crippen LogP contribution in [0.2, 0.25) is 0 Å². The first-order chi connectivity index (χ1) is 10.5. The summed E-state index contributed by atoms with van der Waals surface area (Å²) in [6, 6.07) is 0. The summed E-state index contributed by atoms with van der Waals surface area (Å²) >= 11 is 0. The summed E-state index contributed by atoms with van der Waals surface area (Å²) in [6.07, 6.45) is 4.61. The van der Waals surface area contributed by atoms with Gasteiger partial charge in [-0.25, -0.2) is 0 Å². The van der Waals surface area contributed by atoms with Crippen LogP contribution < -0.4 is 5.32 Å². The maximum atomic E-state index is 12.6. The zero-order chi connectivity index (χ0) is 15.7. The predicted molar refractivity (Wildman–Crippen MR) is 94.1 cm³/mol. The number of aromatic nitrogens is 2. The maximum Gasteiger partial charge on any atom is 0.244 e. The molecule has 2 saturated heterocycles. The Bertz CT molecular complexity index is 563. The van der Waals surface area contributed by atoms with Gasteiger partial charge in [0.05, 0.1) is 5.69 Å². The van der Waals surface area contributed by atoms with Gasteiger partial charge in [-0.1, -0.05) is 6.92 Å². The highest BCUT2D eigenvalue weighted by atomic mass is 35.5. The Morgan fingerprint density at radius 1 is 1.35 bits per heavy atom. The van der Waals surface area contributed by atoms with Gasteiger partial charge in [0.1, 0.15) is 6.54 Å². The van der Waals surface area contributed by atoms with E-state index in [9.17, 15) is 4.79 Å². The van der Waals surface area contributed by atoms with Crippen LogP contribution in [0.4, 0.5) is 0 Å². The van der Waals surface area contributed by atoms with E-state index in [-0.39, 0.29) is 18.3 Å². The lowest BCUT2D eigenvalue weighted by molar-refractivity contribution is -0.131. The van der Waals surface area contributed by atoms with E-state index < -0.39 is 0 Å². The SMILES string of the molecule is CCc1c(C)nn(CC(=O)N2CCC3(CCCNC3)C2)c1C.Cl. The molecule has 5 nitrogen and oxygen atoms in total. The number of carbonyl (C=O) groups excluding carboxylic acids is 1. The molecular formula is C17H29ClN4O. The van der Waals surface area contributed by atoms with Crippen molar-refractivity contribution in [2.24, 2.45) is 5.41 Å². The van der Waals surface area contributed by atoms with Crippen LogP contribution in [-0.4, -0.2) is 46.8 Å². The zero-order valence-corrected chi connectivity index (χ0v) is 15.3. The first kappa shape index (κ1) is 18.3. The van der Waals surface area contributed by atoms with Gasteiger partial charge >= 0.3 is 0 Å². The second-order valence-electron chi connectivity index (χ2n) is 7.01. The summed E-state index contributed by atoms with van der Waals surface area (Å²) in [6.45, 7) is 10.6. The van der Waals surface area contributed by atoms with E-state index in [1.165, 1.54) is 18.4 Å². The molecule has 1 amide bonds. The Kier molecular flexibility index (Phi) is 5.74. The fraction of sp³-hybridized carbons (Fsp3) is 0.765. The molecule has 2 aliphatic heterocycles. The number of piperidine rings is 1. The Balaban J connectivity index is 0.00000192. The lowest BCUT2D eigenvalue weighted by atomic mass is 9.80. The number of likely N-dealkylation sites (tertiary alicyclic amines) is 1. The second kappa shape index (κ2) is 7.22. The minimum atomic E-state index is 0. The van der Waals surface area contributed by atoms with E-state index in [4.69, 9.17) is 0 Å². The van der Waals surface area contributed by atoms with E-state index in [0.717, 1.165) is 50.4 Å². The third-order valence-electron chi connectivity index (χ3n) is 5.52. The lowest BCUT2D eigenvalue weighted by Crippen LogP contribution is -2.43. The molecule has 1 unspecified atom stereocenters. The molecule has 0 saturated carbocycles. The van der Waals surface area contributed by atoms with Gasteiger partial charge in [-0.3, -0.25) is 9.48 Å². The fourth-order valence-electron chi connectivity index (χ4n) is 4.15. The number of aryl methyl sites for hydroxylation is 1. The Morgan fingerprint density at radius 2 is 2.13 bits per heavy atom. The highest BCUT2D eigenvalue weighted by molar-refractivity contribution is 5.85. The van der Waals surface area contributed by atoms with Crippen molar-refractivity contribution in [3.63, 3.8) is 0 Å². The van der Waals surface area contributed by atoms with Crippen LogP contribution in [0.1, 0.15) is 43.1 Å². The summed E-state index contributed by atoms with van der Waals surface area (Å²) < 4.78 is 1.89. The molecule has 2 aliphatic rings. The van der Waals surface area contributed by atoms with E-state index in [1.807, 2.05) is 11.6 Å². The first-order valence-corrected chi connectivity index (χ1v) is 8.56. The number of nitrogens with one attached hydrogen (secondary N) is 1. The summed E-state index contributed by atoms with van der Waals surface area (Å²) in [5, 5.41) is 8.05. The van der Waals surface area contributed by atoms with Gasteiger partial charge < -0.3 is 10.2 Å². The molecule has 2 fully saturated rings. The van der Waals surface area contributed by atoms with Crippen molar-refractivity contribution in [3.8, 4) is 0 Å². The van der Waals surface area contributed by atoms with Crippen LogP contribution in [0, 0.1) is 19.3 Å². The van der Waals surface area contributed by atoms with Crippen molar-refractivity contribution < 1.29 is 4.79 Å². The fourth-order valence-corrected chi connectivity index (χ4v) is 4.15. The molecule has 0 aromatic carbocycles. The standard InChI is InChI=1S/C17H28N4O.ClH/c1-4-15-13(2)19-21(14(15)3)10-16(22)20-9-7-17(12-20)6-5-8-18-11-17;/h18H,4-12H2,1-3H3;1H. The van der Waals surface area contributed by atoms with Gasteiger partial charge in [0.2, 0.25) is 5.91 Å². The molecule has 1 aromatic heterocycles.